The molecule has 0 aromatic heterocycles. The highest BCUT2D eigenvalue weighted by Gasteiger charge is 2.10. The predicted molar refractivity (Wildman–Crippen MR) is 66.7 cm³/mol. The van der Waals surface area contributed by atoms with E-state index in [0.29, 0.717) is 12.2 Å². The lowest BCUT2D eigenvalue weighted by Crippen LogP contribution is -3.05. The van der Waals surface area contributed by atoms with Crippen LogP contribution in [0.2, 0.25) is 0 Å². The van der Waals surface area contributed by atoms with Gasteiger partial charge in [0.15, 0.2) is 0 Å². The molecule has 0 aliphatic carbocycles. The summed E-state index contributed by atoms with van der Waals surface area (Å²) >= 11 is 3.32. The predicted octanol–water partition coefficient (Wildman–Crippen LogP) is 1.14. The third-order valence-electron chi connectivity index (χ3n) is 2.15. The van der Waals surface area contributed by atoms with E-state index < -0.39 is 0 Å². The molecule has 0 radical (unpaired) electrons. The number of carbonyl (C=O) groups excluding carboxylic acids is 1. The fourth-order valence-electron chi connectivity index (χ4n) is 1.30. The van der Waals surface area contributed by atoms with E-state index in [9.17, 15) is 4.79 Å². The molecule has 88 valence electrons. The first-order valence-electron chi connectivity index (χ1n) is 5.32. The molecule has 16 heavy (non-hydrogen) atoms. The van der Waals surface area contributed by atoms with Crippen molar-refractivity contribution in [2.75, 3.05) is 27.2 Å². The van der Waals surface area contributed by atoms with E-state index >= 15 is 0 Å². The zero-order chi connectivity index (χ0) is 12.0. The van der Waals surface area contributed by atoms with Crippen LogP contribution in [-0.4, -0.2) is 33.2 Å². The van der Waals surface area contributed by atoms with E-state index in [2.05, 4.69) is 30.0 Å². The number of benzene rings is 1. The van der Waals surface area contributed by atoms with Crippen LogP contribution < -0.4 is 4.90 Å². The van der Waals surface area contributed by atoms with Crippen molar-refractivity contribution in [2.45, 2.75) is 6.42 Å². The lowest BCUT2D eigenvalue weighted by molar-refractivity contribution is -0.858. The lowest BCUT2D eigenvalue weighted by Gasteiger charge is -2.08. The number of hydrogen-bond acceptors (Lipinski definition) is 2. The van der Waals surface area contributed by atoms with Gasteiger partial charge in [-0.25, -0.2) is 4.79 Å². The van der Waals surface area contributed by atoms with Crippen LogP contribution in [0.15, 0.2) is 28.7 Å². The van der Waals surface area contributed by atoms with Crippen LogP contribution >= 0.6 is 15.9 Å². The van der Waals surface area contributed by atoms with Crippen molar-refractivity contribution in [3.05, 3.63) is 34.3 Å². The monoisotopic (exact) mass is 286 g/mol. The number of nitrogens with one attached hydrogen (secondary N) is 1. The van der Waals surface area contributed by atoms with Crippen LogP contribution in [0.5, 0.6) is 0 Å². The standard InChI is InChI=1S/C12H16BrNO2/c1-14(2)8-5-9-16-12(15)10-6-3-4-7-11(10)13/h3-4,6-7H,5,8-9H2,1-2H3/p+1. The average Bonchev–Trinajstić information content (AvgIpc) is 2.24. The largest absolute Gasteiger partial charge is 0.462 e. The minimum Gasteiger partial charge on any atom is -0.462 e. The second-order valence-corrected chi connectivity index (χ2v) is 4.78. The Hall–Kier alpha value is -0.870. The van der Waals surface area contributed by atoms with Crippen LogP contribution in [0.1, 0.15) is 16.8 Å². The summed E-state index contributed by atoms with van der Waals surface area (Å²) in [6.45, 7) is 1.48. The second-order valence-electron chi connectivity index (χ2n) is 3.93. The molecule has 0 fully saturated rings. The maximum atomic E-state index is 11.7. The van der Waals surface area contributed by atoms with Crippen molar-refractivity contribution in [2.24, 2.45) is 0 Å². The van der Waals surface area contributed by atoms with Gasteiger partial charge in [0.1, 0.15) is 0 Å². The average molecular weight is 287 g/mol. The molecule has 3 nitrogen and oxygen atoms in total. The molecule has 0 spiro atoms. The minimum atomic E-state index is -0.263. The third-order valence-corrected chi connectivity index (χ3v) is 2.84. The van der Waals surface area contributed by atoms with Crippen LogP contribution in [0.25, 0.3) is 0 Å². The first kappa shape index (κ1) is 13.2. The van der Waals surface area contributed by atoms with Crippen LogP contribution in [0, 0.1) is 0 Å². The number of carbonyl (C=O) groups is 1. The molecule has 0 bridgehead atoms. The normalized spacial score (nSPS) is 10.5. The van der Waals surface area contributed by atoms with Crippen molar-refractivity contribution >= 4 is 21.9 Å². The van der Waals surface area contributed by atoms with E-state index in [1.165, 1.54) is 4.90 Å². The number of ether oxygens (including phenoxy) is 1. The Balaban J connectivity index is 2.39. The molecule has 0 aliphatic heterocycles. The Morgan fingerprint density at radius 3 is 2.69 bits per heavy atom. The van der Waals surface area contributed by atoms with E-state index in [1.807, 2.05) is 18.2 Å². The highest BCUT2D eigenvalue weighted by atomic mass is 79.9. The van der Waals surface area contributed by atoms with Gasteiger partial charge >= 0.3 is 5.97 Å². The van der Waals surface area contributed by atoms with Gasteiger partial charge in [-0.2, -0.15) is 0 Å². The first-order chi connectivity index (χ1) is 7.61. The molecule has 1 rings (SSSR count). The molecule has 0 unspecified atom stereocenters. The summed E-state index contributed by atoms with van der Waals surface area (Å²) in [4.78, 5) is 13.0. The SMILES string of the molecule is C[NH+](C)CCCOC(=O)c1ccccc1Br. The third kappa shape index (κ3) is 4.33. The van der Waals surface area contributed by atoms with Gasteiger partial charge in [0, 0.05) is 10.9 Å². The van der Waals surface area contributed by atoms with Gasteiger partial charge in [0.2, 0.25) is 0 Å². The zero-order valence-corrected chi connectivity index (χ0v) is 11.2. The Morgan fingerprint density at radius 1 is 1.38 bits per heavy atom. The Labute approximate surface area is 105 Å². The number of hydrogen-bond donors (Lipinski definition) is 1. The van der Waals surface area contributed by atoms with E-state index in [0.717, 1.165) is 17.4 Å². The molecule has 0 saturated heterocycles. The van der Waals surface area contributed by atoms with Gasteiger partial charge in [-0.3, -0.25) is 0 Å². The number of halogens is 1. The highest BCUT2D eigenvalue weighted by Crippen LogP contribution is 2.16. The summed E-state index contributed by atoms with van der Waals surface area (Å²) < 4.78 is 5.95. The Morgan fingerprint density at radius 2 is 2.06 bits per heavy atom. The van der Waals surface area contributed by atoms with Crippen molar-refractivity contribution in [3.63, 3.8) is 0 Å². The second kappa shape index (κ2) is 6.66. The Bertz CT molecular complexity index is 353. The minimum absolute atomic E-state index is 0.263. The van der Waals surface area contributed by atoms with Gasteiger partial charge in [-0.05, 0) is 28.1 Å². The quantitative estimate of drug-likeness (QED) is 0.650. The van der Waals surface area contributed by atoms with E-state index in [4.69, 9.17) is 4.74 Å². The first-order valence-corrected chi connectivity index (χ1v) is 6.11. The van der Waals surface area contributed by atoms with Gasteiger partial charge in [-0.15, -0.1) is 0 Å². The summed E-state index contributed by atoms with van der Waals surface area (Å²) in [7, 11) is 4.16. The van der Waals surface area contributed by atoms with Crippen LogP contribution in [-0.2, 0) is 4.74 Å². The summed E-state index contributed by atoms with van der Waals surface area (Å²) in [6, 6.07) is 7.28. The fraction of sp³-hybridized carbons (Fsp3) is 0.417. The van der Waals surface area contributed by atoms with Crippen molar-refractivity contribution in [1.82, 2.24) is 0 Å². The molecule has 0 aliphatic rings. The van der Waals surface area contributed by atoms with E-state index in [-0.39, 0.29) is 5.97 Å². The Kier molecular flexibility index (Phi) is 5.49. The van der Waals surface area contributed by atoms with Crippen LogP contribution in [0.3, 0.4) is 0 Å². The van der Waals surface area contributed by atoms with Crippen molar-refractivity contribution in [1.29, 1.82) is 0 Å². The molecule has 0 heterocycles. The lowest BCUT2D eigenvalue weighted by atomic mass is 10.2. The molecule has 1 aromatic carbocycles. The summed E-state index contributed by atoms with van der Waals surface area (Å²) in [5, 5.41) is 0. The molecular weight excluding hydrogens is 270 g/mol. The highest BCUT2D eigenvalue weighted by molar-refractivity contribution is 9.10. The van der Waals surface area contributed by atoms with Gasteiger partial charge in [-0.1, -0.05) is 12.1 Å². The number of rotatable bonds is 5. The summed E-state index contributed by atoms with van der Waals surface area (Å²) in [5.41, 5.74) is 0.583. The molecular formula is C12H17BrNO2+. The molecule has 0 atom stereocenters. The number of esters is 1. The summed E-state index contributed by atoms with van der Waals surface area (Å²) in [6.07, 6.45) is 0.887. The van der Waals surface area contributed by atoms with Gasteiger partial charge in [0.25, 0.3) is 0 Å². The molecule has 4 heteroatoms. The zero-order valence-electron chi connectivity index (χ0n) is 9.63. The maximum absolute atomic E-state index is 11.7. The smallest absolute Gasteiger partial charge is 0.339 e. The molecule has 1 aromatic rings. The number of quaternary nitrogens is 1. The fourth-order valence-corrected chi connectivity index (χ4v) is 1.74. The van der Waals surface area contributed by atoms with Gasteiger partial charge in [0.05, 0.1) is 32.8 Å². The van der Waals surface area contributed by atoms with E-state index in [1.54, 1.807) is 6.07 Å². The van der Waals surface area contributed by atoms with Crippen molar-refractivity contribution in [3.8, 4) is 0 Å². The topological polar surface area (TPSA) is 30.7 Å². The van der Waals surface area contributed by atoms with Crippen LogP contribution in [0.4, 0.5) is 0 Å². The molecule has 0 amide bonds. The van der Waals surface area contributed by atoms with Gasteiger partial charge < -0.3 is 9.64 Å². The molecule has 0 saturated carbocycles. The summed E-state index contributed by atoms with van der Waals surface area (Å²) in [5.74, 6) is -0.263. The maximum Gasteiger partial charge on any atom is 0.339 e. The molecule has 1 N–H and O–H groups in total. The van der Waals surface area contributed by atoms with Crippen molar-refractivity contribution < 1.29 is 14.4 Å².